The highest BCUT2D eigenvalue weighted by atomic mass is 32.2. The minimum absolute atomic E-state index is 0.987. The first kappa shape index (κ1) is 9.87. The van der Waals surface area contributed by atoms with Gasteiger partial charge in [0.15, 0.2) is 5.06 Å². The molecule has 14 heavy (non-hydrogen) atoms. The molecule has 3 heteroatoms. The second kappa shape index (κ2) is 3.83. The molecule has 0 amide bonds. The van der Waals surface area contributed by atoms with Crippen molar-refractivity contribution in [1.29, 1.82) is 0 Å². The maximum absolute atomic E-state index is 5.24. The molecule has 2 rings (SSSR count). The first-order chi connectivity index (χ1) is 6.76. The molecule has 1 aromatic heterocycles. The third kappa shape index (κ3) is 1.51. The van der Waals surface area contributed by atoms with Gasteiger partial charge in [-0.2, -0.15) is 0 Å². The number of benzene rings is 1. The van der Waals surface area contributed by atoms with Crippen molar-refractivity contribution >= 4 is 33.2 Å². The van der Waals surface area contributed by atoms with Crippen LogP contribution < -0.4 is 4.74 Å². The van der Waals surface area contributed by atoms with Gasteiger partial charge in [-0.3, -0.25) is 0 Å². The lowest BCUT2D eigenvalue weighted by molar-refractivity contribution is 0.427. The molecule has 0 spiro atoms. The van der Waals surface area contributed by atoms with E-state index in [1.165, 1.54) is 20.5 Å². The van der Waals surface area contributed by atoms with E-state index in [2.05, 4.69) is 31.4 Å². The smallest absolute Gasteiger partial charge is 0.174 e. The van der Waals surface area contributed by atoms with E-state index in [0.717, 1.165) is 5.06 Å². The molecule has 0 saturated heterocycles. The lowest BCUT2D eigenvalue weighted by atomic mass is 10.1. The van der Waals surface area contributed by atoms with Gasteiger partial charge in [0.05, 0.1) is 7.11 Å². The van der Waals surface area contributed by atoms with Gasteiger partial charge >= 0.3 is 0 Å². The van der Waals surface area contributed by atoms with Crippen LogP contribution in [0.15, 0.2) is 23.1 Å². The molecule has 0 atom stereocenters. The van der Waals surface area contributed by atoms with Crippen LogP contribution in [0, 0.1) is 6.92 Å². The van der Waals surface area contributed by atoms with Gasteiger partial charge in [-0.25, -0.2) is 0 Å². The normalized spacial score (nSPS) is 10.8. The van der Waals surface area contributed by atoms with E-state index in [9.17, 15) is 0 Å². The molecule has 2 aromatic rings. The molecular formula is C11H12OS2. The maximum Gasteiger partial charge on any atom is 0.174 e. The zero-order valence-corrected chi connectivity index (χ0v) is 10.1. The van der Waals surface area contributed by atoms with Gasteiger partial charge in [-0.1, -0.05) is 11.3 Å². The van der Waals surface area contributed by atoms with Crippen LogP contribution in [-0.4, -0.2) is 13.4 Å². The van der Waals surface area contributed by atoms with Gasteiger partial charge in [0.25, 0.3) is 0 Å². The monoisotopic (exact) mass is 224 g/mol. The highest BCUT2D eigenvalue weighted by Crippen LogP contribution is 2.36. The van der Waals surface area contributed by atoms with E-state index in [1.54, 1.807) is 30.2 Å². The second-order valence-corrected chi connectivity index (χ2v) is 4.97. The number of hydrogen-bond acceptors (Lipinski definition) is 3. The Morgan fingerprint density at radius 1 is 1.36 bits per heavy atom. The van der Waals surface area contributed by atoms with Crippen LogP contribution in [0.2, 0.25) is 0 Å². The van der Waals surface area contributed by atoms with Gasteiger partial charge in [0.2, 0.25) is 0 Å². The Balaban J connectivity index is 2.68. The Kier molecular flexibility index (Phi) is 2.70. The summed E-state index contributed by atoms with van der Waals surface area (Å²) in [4.78, 5) is 1.35. The number of methoxy groups -OCH3 is 1. The molecule has 0 radical (unpaired) electrons. The summed E-state index contributed by atoms with van der Waals surface area (Å²) in [6.45, 7) is 2.17. The SMILES string of the molecule is COc1cc2c(C)c(SC)ccc2s1. The first-order valence-corrected chi connectivity index (χ1v) is 6.41. The Labute approximate surface area is 92.1 Å². The van der Waals surface area contributed by atoms with Crippen molar-refractivity contribution in [2.24, 2.45) is 0 Å². The third-order valence-electron chi connectivity index (χ3n) is 2.32. The summed E-state index contributed by atoms with van der Waals surface area (Å²) in [6, 6.07) is 6.47. The summed E-state index contributed by atoms with van der Waals surface area (Å²) in [6.07, 6.45) is 2.11. The third-order valence-corrected chi connectivity index (χ3v) is 4.26. The molecule has 1 aromatic carbocycles. The Hall–Kier alpha value is -0.670. The molecule has 0 N–H and O–H groups in total. The summed E-state index contributed by atoms with van der Waals surface area (Å²) in [5.41, 5.74) is 1.36. The quantitative estimate of drug-likeness (QED) is 0.715. The fraction of sp³-hybridized carbons (Fsp3) is 0.273. The number of fused-ring (bicyclic) bond motifs is 1. The van der Waals surface area contributed by atoms with Gasteiger partial charge in [-0.15, -0.1) is 11.8 Å². The Bertz CT molecular complexity index is 460. The highest BCUT2D eigenvalue weighted by molar-refractivity contribution is 7.98. The van der Waals surface area contributed by atoms with E-state index in [1.807, 2.05) is 0 Å². The minimum atomic E-state index is 0.987. The lowest BCUT2D eigenvalue weighted by Crippen LogP contribution is -1.78. The number of hydrogen-bond donors (Lipinski definition) is 0. The summed E-state index contributed by atoms with van der Waals surface area (Å²) < 4.78 is 6.54. The van der Waals surface area contributed by atoms with Crippen molar-refractivity contribution in [2.75, 3.05) is 13.4 Å². The van der Waals surface area contributed by atoms with Crippen molar-refractivity contribution in [3.05, 3.63) is 23.8 Å². The van der Waals surface area contributed by atoms with E-state index in [4.69, 9.17) is 4.74 Å². The number of rotatable bonds is 2. The highest BCUT2D eigenvalue weighted by Gasteiger charge is 2.06. The molecule has 0 fully saturated rings. The van der Waals surface area contributed by atoms with Crippen LogP contribution in [0.5, 0.6) is 5.06 Å². The molecular weight excluding hydrogens is 212 g/mol. The molecule has 0 saturated carbocycles. The average molecular weight is 224 g/mol. The molecule has 0 aliphatic heterocycles. The van der Waals surface area contributed by atoms with Crippen molar-refractivity contribution in [3.63, 3.8) is 0 Å². The largest absolute Gasteiger partial charge is 0.487 e. The number of thiophene rings is 1. The van der Waals surface area contributed by atoms with Crippen LogP contribution in [0.1, 0.15) is 5.56 Å². The van der Waals surface area contributed by atoms with E-state index in [0.29, 0.717) is 0 Å². The van der Waals surface area contributed by atoms with Gasteiger partial charge in [-0.05, 0) is 36.9 Å². The van der Waals surface area contributed by atoms with Gasteiger partial charge < -0.3 is 4.74 Å². The van der Waals surface area contributed by atoms with Gasteiger partial charge in [0.1, 0.15) is 0 Å². The van der Waals surface area contributed by atoms with Crippen LogP contribution in [0.4, 0.5) is 0 Å². The fourth-order valence-corrected chi connectivity index (χ4v) is 3.08. The molecule has 1 heterocycles. The molecule has 74 valence electrons. The first-order valence-electron chi connectivity index (χ1n) is 4.37. The standard InChI is InChI=1S/C11H12OS2/c1-7-8-6-11(12-2)14-10(8)5-4-9(7)13-3/h4-6H,1-3H3. The molecule has 0 unspecified atom stereocenters. The Morgan fingerprint density at radius 3 is 2.79 bits per heavy atom. The van der Waals surface area contributed by atoms with Crippen LogP contribution in [0.3, 0.4) is 0 Å². The predicted octanol–water partition coefficient (Wildman–Crippen LogP) is 3.94. The zero-order chi connectivity index (χ0) is 10.1. The van der Waals surface area contributed by atoms with Crippen LogP contribution >= 0.6 is 23.1 Å². The lowest BCUT2D eigenvalue weighted by Gasteiger charge is -2.02. The molecule has 0 bridgehead atoms. The van der Waals surface area contributed by atoms with E-state index >= 15 is 0 Å². The summed E-state index contributed by atoms with van der Waals surface area (Å²) in [7, 11) is 1.72. The fourth-order valence-electron chi connectivity index (χ4n) is 1.53. The summed E-state index contributed by atoms with van der Waals surface area (Å²) in [5, 5.41) is 2.31. The number of thioether (sulfide) groups is 1. The van der Waals surface area contributed by atoms with Gasteiger partial charge in [0, 0.05) is 15.0 Å². The molecule has 0 aliphatic rings. The van der Waals surface area contributed by atoms with Crippen molar-refractivity contribution in [3.8, 4) is 5.06 Å². The zero-order valence-electron chi connectivity index (χ0n) is 8.46. The molecule has 1 nitrogen and oxygen atoms in total. The average Bonchev–Trinajstić information content (AvgIpc) is 2.62. The molecule has 0 aliphatic carbocycles. The van der Waals surface area contributed by atoms with Crippen molar-refractivity contribution in [2.45, 2.75) is 11.8 Å². The number of aryl methyl sites for hydroxylation is 1. The van der Waals surface area contributed by atoms with Crippen LogP contribution in [-0.2, 0) is 0 Å². The van der Waals surface area contributed by atoms with Crippen LogP contribution in [0.25, 0.3) is 10.1 Å². The van der Waals surface area contributed by atoms with E-state index in [-0.39, 0.29) is 0 Å². The second-order valence-electron chi connectivity index (χ2n) is 3.07. The predicted molar refractivity (Wildman–Crippen MR) is 64.9 cm³/mol. The Morgan fingerprint density at radius 2 is 2.14 bits per heavy atom. The number of ether oxygens (including phenoxy) is 1. The topological polar surface area (TPSA) is 9.23 Å². The summed E-state index contributed by atoms with van der Waals surface area (Å²) >= 11 is 3.49. The van der Waals surface area contributed by atoms with E-state index < -0.39 is 0 Å². The minimum Gasteiger partial charge on any atom is -0.487 e. The maximum atomic E-state index is 5.24. The summed E-state index contributed by atoms with van der Waals surface area (Å²) in [5.74, 6) is 0. The van der Waals surface area contributed by atoms with Crippen molar-refractivity contribution in [1.82, 2.24) is 0 Å². The van der Waals surface area contributed by atoms with Crippen molar-refractivity contribution < 1.29 is 4.74 Å².